The van der Waals surface area contributed by atoms with Crippen LogP contribution in [0.15, 0.2) is 0 Å². The van der Waals surface area contributed by atoms with E-state index in [2.05, 4.69) is 0 Å². The monoisotopic (exact) mass is 245 g/mol. The highest BCUT2D eigenvalue weighted by molar-refractivity contribution is 5.96. The third-order valence-corrected chi connectivity index (χ3v) is 2.36. The Kier molecular flexibility index (Phi) is 8.62. The molecule has 0 aliphatic heterocycles. The third-order valence-electron chi connectivity index (χ3n) is 2.36. The van der Waals surface area contributed by atoms with Crippen molar-refractivity contribution in [2.45, 2.75) is 39.7 Å². The highest BCUT2D eigenvalue weighted by Gasteiger charge is 2.16. The van der Waals surface area contributed by atoms with E-state index in [9.17, 15) is 9.59 Å². The zero-order chi connectivity index (χ0) is 13.3. The van der Waals surface area contributed by atoms with Crippen LogP contribution in [0.2, 0.25) is 0 Å². The van der Waals surface area contributed by atoms with Gasteiger partial charge in [-0.05, 0) is 27.2 Å². The first-order valence-corrected chi connectivity index (χ1v) is 6.03. The topological polar surface area (TPSA) is 66.8 Å². The van der Waals surface area contributed by atoms with Crippen LogP contribution in [0.5, 0.6) is 0 Å². The van der Waals surface area contributed by atoms with Crippen LogP contribution in [0.1, 0.15) is 33.6 Å². The largest absolute Gasteiger partial charge is 0.466 e. The van der Waals surface area contributed by atoms with Gasteiger partial charge in [-0.3, -0.25) is 14.5 Å². The standard InChI is InChI=1S/C12H23NO4/c1-4-17-12(16)8-11(15)9-13(10(2)3)6-5-7-14/h10,14H,4-9H2,1-3H3. The molecule has 0 heterocycles. The van der Waals surface area contributed by atoms with Gasteiger partial charge < -0.3 is 9.84 Å². The fraction of sp³-hybridized carbons (Fsp3) is 0.833. The van der Waals surface area contributed by atoms with Crippen molar-refractivity contribution in [3.8, 4) is 0 Å². The maximum atomic E-state index is 11.6. The summed E-state index contributed by atoms with van der Waals surface area (Å²) in [7, 11) is 0. The van der Waals surface area contributed by atoms with Crippen LogP contribution in [-0.4, -0.2) is 54.1 Å². The maximum absolute atomic E-state index is 11.6. The minimum absolute atomic E-state index is 0.106. The smallest absolute Gasteiger partial charge is 0.313 e. The molecule has 5 heteroatoms. The molecular formula is C12H23NO4. The number of carbonyl (C=O) groups is 2. The van der Waals surface area contributed by atoms with Crippen LogP contribution in [-0.2, 0) is 14.3 Å². The zero-order valence-corrected chi connectivity index (χ0v) is 10.9. The molecule has 0 atom stereocenters. The Hall–Kier alpha value is -0.940. The Morgan fingerprint density at radius 2 is 2.00 bits per heavy atom. The number of ether oxygens (including phenoxy) is 1. The number of carbonyl (C=O) groups excluding carboxylic acids is 2. The van der Waals surface area contributed by atoms with Crippen LogP contribution >= 0.6 is 0 Å². The van der Waals surface area contributed by atoms with Gasteiger partial charge >= 0.3 is 5.97 Å². The molecule has 5 nitrogen and oxygen atoms in total. The first-order valence-electron chi connectivity index (χ1n) is 6.03. The Bertz CT molecular complexity index is 241. The molecular weight excluding hydrogens is 222 g/mol. The van der Waals surface area contributed by atoms with Crippen LogP contribution in [0, 0.1) is 0 Å². The molecule has 0 aliphatic rings. The number of nitrogens with zero attached hydrogens (tertiary/aromatic N) is 1. The predicted molar refractivity (Wildman–Crippen MR) is 64.7 cm³/mol. The number of ketones is 1. The highest BCUT2D eigenvalue weighted by Crippen LogP contribution is 2.01. The van der Waals surface area contributed by atoms with Crippen molar-refractivity contribution in [1.29, 1.82) is 0 Å². The van der Waals surface area contributed by atoms with Crippen molar-refractivity contribution in [3.63, 3.8) is 0 Å². The van der Waals surface area contributed by atoms with E-state index in [-0.39, 0.29) is 31.4 Å². The number of rotatable bonds is 9. The van der Waals surface area contributed by atoms with Crippen molar-refractivity contribution >= 4 is 11.8 Å². The molecule has 0 rings (SSSR count). The first kappa shape index (κ1) is 16.1. The molecule has 0 amide bonds. The van der Waals surface area contributed by atoms with Gasteiger partial charge in [0.05, 0.1) is 13.2 Å². The molecule has 0 aromatic carbocycles. The fourth-order valence-corrected chi connectivity index (χ4v) is 1.45. The lowest BCUT2D eigenvalue weighted by molar-refractivity contribution is -0.145. The van der Waals surface area contributed by atoms with Crippen molar-refractivity contribution in [1.82, 2.24) is 4.90 Å². The van der Waals surface area contributed by atoms with Crippen LogP contribution < -0.4 is 0 Å². The summed E-state index contributed by atoms with van der Waals surface area (Å²) in [6.07, 6.45) is 0.459. The van der Waals surface area contributed by atoms with Crippen molar-refractivity contribution < 1.29 is 19.4 Å². The lowest BCUT2D eigenvalue weighted by atomic mass is 10.2. The normalized spacial score (nSPS) is 10.9. The SMILES string of the molecule is CCOC(=O)CC(=O)CN(CCCO)C(C)C. The quantitative estimate of drug-likeness (QED) is 0.476. The number of Topliss-reactive ketones (excluding diaryl/α,β-unsaturated/α-hetero) is 1. The van der Waals surface area contributed by atoms with Crippen molar-refractivity contribution in [2.24, 2.45) is 0 Å². The minimum Gasteiger partial charge on any atom is -0.466 e. The molecule has 0 spiro atoms. The Labute approximate surface area is 103 Å². The first-order chi connectivity index (χ1) is 8.01. The Morgan fingerprint density at radius 3 is 2.47 bits per heavy atom. The molecule has 0 fully saturated rings. The molecule has 0 aromatic heterocycles. The second-order valence-corrected chi connectivity index (χ2v) is 4.16. The van der Waals surface area contributed by atoms with Gasteiger partial charge in [0.25, 0.3) is 0 Å². The van der Waals surface area contributed by atoms with E-state index in [0.29, 0.717) is 19.6 Å². The van der Waals surface area contributed by atoms with Gasteiger partial charge in [-0.25, -0.2) is 0 Å². The lowest BCUT2D eigenvalue weighted by Gasteiger charge is -2.25. The molecule has 0 aliphatic carbocycles. The summed E-state index contributed by atoms with van der Waals surface area (Å²) in [5.74, 6) is -0.613. The fourth-order valence-electron chi connectivity index (χ4n) is 1.45. The van der Waals surface area contributed by atoms with E-state index in [0.717, 1.165) is 0 Å². The predicted octanol–water partition coefficient (Wildman–Crippen LogP) is 0.602. The van der Waals surface area contributed by atoms with Crippen molar-refractivity contribution in [3.05, 3.63) is 0 Å². The van der Waals surface area contributed by atoms with E-state index in [1.165, 1.54) is 0 Å². The second-order valence-electron chi connectivity index (χ2n) is 4.16. The summed E-state index contributed by atoms with van der Waals surface area (Å²) in [5, 5.41) is 8.76. The maximum Gasteiger partial charge on any atom is 0.313 e. The molecule has 1 N–H and O–H groups in total. The highest BCUT2D eigenvalue weighted by atomic mass is 16.5. The number of hydrogen-bond acceptors (Lipinski definition) is 5. The van der Waals surface area contributed by atoms with Gasteiger partial charge in [0.1, 0.15) is 6.42 Å². The van der Waals surface area contributed by atoms with E-state index < -0.39 is 5.97 Å². The number of aliphatic hydroxyl groups is 1. The molecule has 0 saturated carbocycles. The molecule has 0 radical (unpaired) electrons. The Morgan fingerprint density at radius 1 is 1.35 bits per heavy atom. The number of aliphatic hydroxyl groups excluding tert-OH is 1. The second kappa shape index (κ2) is 9.13. The molecule has 0 aromatic rings. The van der Waals surface area contributed by atoms with Gasteiger partial charge in [-0.15, -0.1) is 0 Å². The van der Waals surface area contributed by atoms with E-state index in [1.807, 2.05) is 18.7 Å². The van der Waals surface area contributed by atoms with Gasteiger partial charge in [0.2, 0.25) is 0 Å². The average molecular weight is 245 g/mol. The van der Waals surface area contributed by atoms with Crippen molar-refractivity contribution in [2.75, 3.05) is 26.3 Å². The molecule has 17 heavy (non-hydrogen) atoms. The summed E-state index contributed by atoms with van der Waals surface area (Å²) in [5.41, 5.74) is 0. The van der Waals surface area contributed by atoms with E-state index in [4.69, 9.17) is 9.84 Å². The van der Waals surface area contributed by atoms with Crippen LogP contribution in [0.4, 0.5) is 0 Å². The molecule has 100 valence electrons. The average Bonchev–Trinajstić information content (AvgIpc) is 2.23. The molecule has 0 unspecified atom stereocenters. The summed E-state index contributed by atoms with van der Waals surface area (Å²) in [6.45, 7) is 6.97. The number of hydrogen-bond donors (Lipinski definition) is 1. The van der Waals surface area contributed by atoms with Gasteiger partial charge in [-0.1, -0.05) is 0 Å². The number of esters is 1. The van der Waals surface area contributed by atoms with Gasteiger partial charge in [0, 0.05) is 19.2 Å². The van der Waals surface area contributed by atoms with Crippen LogP contribution in [0.3, 0.4) is 0 Å². The Balaban J connectivity index is 4.07. The summed E-state index contributed by atoms with van der Waals surface area (Å²) in [4.78, 5) is 24.7. The van der Waals surface area contributed by atoms with E-state index in [1.54, 1.807) is 6.92 Å². The van der Waals surface area contributed by atoms with Gasteiger partial charge in [-0.2, -0.15) is 0 Å². The molecule has 0 saturated heterocycles. The summed E-state index contributed by atoms with van der Waals surface area (Å²) >= 11 is 0. The summed E-state index contributed by atoms with van der Waals surface area (Å²) < 4.78 is 4.72. The van der Waals surface area contributed by atoms with E-state index >= 15 is 0 Å². The third kappa shape index (κ3) is 7.88. The van der Waals surface area contributed by atoms with Gasteiger partial charge in [0.15, 0.2) is 5.78 Å². The summed E-state index contributed by atoms with van der Waals surface area (Å²) in [6, 6.07) is 0.215. The molecule has 0 bridgehead atoms. The lowest BCUT2D eigenvalue weighted by Crippen LogP contribution is -2.37. The minimum atomic E-state index is -0.469. The zero-order valence-electron chi connectivity index (χ0n) is 10.9. The van der Waals surface area contributed by atoms with Crippen LogP contribution in [0.25, 0.3) is 0 Å².